The first-order valence-corrected chi connectivity index (χ1v) is 9.89. The highest BCUT2D eigenvalue weighted by Gasteiger charge is 2.18. The second-order valence-corrected chi connectivity index (χ2v) is 7.39. The topological polar surface area (TPSA) is 22.0 Å². The Morgan fingerprint density at radius 1 is 0.893 bits per heavy atom. The summed E-state index contributed by atoms with van der Waals surface area (Å²) < 4.78 is 15.2. The number of ketones is 1. The number of unbranched alkanes of at least 4 members (excludes halogenated alkanes) is 1. The molecule has 3 aromatic carbocycles. The first-order chi connectivity index (χ1) is 13.6. The molecular formula is C25H24FNO. The average molecular weight is 373 g/mol. The SMILES string of the molecule is C[C@@H](F)CCCCn1cc(C(=O)c2cccc3ccccc23)c2ccccc21. The van der Waals surface area contributed by atoms with Gasteiger partial charge in [-0.15, -0.1) is 0 Å². The van der Waals surface area contributed by atoms with Crippen LogP contribution >= 0.6 is 0 Å². The van der Waals surface area contributed by atoms with Crippen LogP contribution in [0.1, 0.15) is 42.1 Å². The molecule has 28 heavy (non-hydrogen) atoms. The lowest BCUT2D eigenvalue weighted by atomic mass is 9.97. The molecule has 0 saturated carbocycles. The summed E-state index contributed by atoms with van der Waals surface area (Å²) in [6.07, 6.45) is 3.53. The van der Waals surface area contributed by atoms with Crippen LogP contribution in [0.5, 0.6) is 0 Å². The van der Waals surface area contributed by atoms with Crippen LogP contribution in [0.25, 0.3) is 21.7 Å². The monoisotopic (exact) mass is 373 g/mol. The van der Waals surface area contributed by atoms with E-state index in [-0.39, 0.29) is 5.78 Å². The average Bonchev–Trinajstić information content (AvgIpc) is 3.09. The fraction of sp³-hybridized carbons (Fsp3) is 0.240. The number of alkyl halides is 1. The van der Waals surface area contributed by atoms with Crippen molar-refractivity contribution in [2.45, 2.75) is 38.9 Å². The Kier molecular flexibility index (Phi) is 5.25. The lowest BCUT2D eigenvalue weighted by Crippen LogP contribution is -2.02. The van der Waals surface area contributed by atoms with Gasteiger partial charge in [-0.25, -0.2) is 4.39 Å². The molecule has 2 nitrogen and oxygen atoms in total. The summed E-state index contributed by atoms with van der Waals surface area (Å²) in [6, 6.07) is 21.9. The van der Waals surface area contributed by atoms with Crippen LogP contribution in [-0.4, -0.2) is 16.5 Å². The molecule has 3 heteroatoms. The smallest absolute Gasteiger partial charge is 0.195 e. The van der Waals surface area contributed by atoms with Gasteiger partial charge >= 0.3 is 0 Å². The molecule has 142 valence electrons. The van der Waals surface area contributed by atoms with E-state index in [2.05, 4.69) is 4.57 Å². The van der Waals surface area contributed by atoms with Crippen LogP contribution in [0.15, 0.2) is 72.9 Å². The van der Waals surface area contributed by atoms with Gasteiger partial charge in [0.25, 0.3) is 0 Å². The number of nitrogens with zero attached hydrogens (tertiary/aromatic N) is 1. The van der Waals surface area contributed by atoms with Crippen molar-refractivity contribution in [3.63, 3.8) is 0 Å². The number of halogens is 1. The van der Waals surface area contributed by atoms with E-state index in [1.54, 1.807) is 6.92 Å². The zero-order valence-electron chi connectivity index (χ0n) is 16.1. The summed E-state index contributed by atoms with van der Waals surface area (Å²) in [5.74, 6) is 0.0455. The third-order valence-electron chi connectivity index (χ3n) is 5.32. The van der Waals surface area contributed by atoms with Gasteiger partial charge in [0.1, 0.15) is 0 Å². The highest BCUT2D eigenvalue weighted by molar-refractivity contribution is 6.21. The summed E-state index contributed by atoms with van der Waals surface area (Å²) in [4.78, 5) is 13.4. The van der Waals surface area contributed by atoms with Gasteiger partial charge in [0.05, 0.1) is 6.17 Å². The molecule has 0 aliphatic carbocycles. The maximum Gasteiger partial charge on any atom is 0.195 e. The maximum atomic E-state index is 13.4. The molecule has 0 aliphatic heterocycles. The fourth-order valence-electron chi connectivity index (χ4n) is 3.89. The first kappa shape index (κ1) is 18.4. The van der Waals surface area contributed by atoms with Gasteiger partial charge in [0.2, 0.25) is 0 Å². The van der Waals surface area contributed by atoms with Crippen molar-refractivity contribution in [3.8, 4) is 0 Å². The molecule has 1 aromatic heterocycles. The van der Waals surface area contributed by atoms with Crippen molar-refractivity contribution >= 4 is 27.5 Å². The van der Waals surface area contributed by atoms with Crippen LogP contribution in [0.4, 0.5) is 4.39 Å². The standard InChI is InChI=1S/C25H24FNO/c1-18(26)9-6-7-16-27-17-23(21-13-4-5-15-24(21)27)25(28)22-14-8-11-19-10-2-3-12-20(19)22/h2-5,8,10-15,17-18H,6-7,9,16H2,1H3/t18-/m1/s1. The fourth-order valence-corrected chi connectivity index (χ4v) is 3.89. The molecule has 0 amide bonds. The predicted octanol–water partition coefficient (Wildman–Crippen LogP) is 6.55. The van der Waals surface area contributed by atoms with E-state index in [1.807, 2.05) is 72.9 Å². The third kappa shape index (κ3) is 3.57. The summed E-state index contributed by atoms with van der Waals surface area (Å²) in [6.45, 7) is 2.39. The minimum atomic E-state index is -0.759. The molecule has 0 bridgehead atoms. The second-order valence-electron chi connectivity index (χ2n) is 7.39. The molecule has 0 fully saturated rings. The Morgan fingerprint density at radius 2 is 1.61 bits per heavy atom. The summed E-state index contributed by atoms with van der Waals surface area (Å²) in [7, 11) is 0. The number of hydrogen-bond acceptors (Lipinski definition) is 1. The second kappa shape index (κ2) is 7.97. The van der Waals surface area contributed by atoms with Crippen molar-refractivity contribution < 1.29 is 9.18 Å². The van der Waals surface area contributed by atoms with Crippen molar-refractivity contribution in [2.75, 3.05) is 0 Å². The first-order valence-electron chi connectivity index (χ1n) is 9.89. The number of carbonyl (C=O) groups excluding carboxylic acids is 1. The van der Waals surface area contributed by atoms with Gasteiger partial charge < -0.3 is 4.57 Å². The molecule has 0 saturated heterocycles. The van der Waals surface area contributed by atoms with Crippen molar-refractivity contribution in [2.24, 2.45) is 0 Å². The molecule has 0 N–H and O–H groups in total. The van der Waals surface area contributed by atoms with Crippen molar-refractivity contribution in [1.29, 1.82) is 0 Å². The number of rotatable bonds is 7. The molecule has 1 heterocycles. The van der Waals surface area contributed by atoms with Gasteiger partial charge in [-0.1, -0.05) is 60.7 Å². The van der Waals surface area contributed by atoms with Gasteiger partial charge in [-0.2, -0.15) is 0 Å². The van der Waals surface area contributed by atoms with Crippen LogP contribution in [0.2, 0.25) is 0 Å². The number of carbonyl (C=O) groups is 1. The number of aryl methyl sites for hydroxylation is 1. The molecule has 0 radical (unpaired) electrons. The highest BCUT2D eigenvalue weighted by atomic mass is 19.1. The van der Waals surface area contributed by atoms with E-state index in [0.717, 1.165) is 52.2 Å². The summed E-state index contributed by atoms with van der Waals surface area (Å²) >= 11 is 0. The minimum absolute atomic E-state index is 0.0455. The quantitative estimate of drug-likeness (QED) is 0.266. The molecule has 0 unspecified atom stereocenters. The van der Waals surface area contributed by atoms with E-state index < -0.39 is 6.17 Å². The van der Waals surface area contributed by atoms with Crippen molar-refractivity contribution in [1.82, 2.24) is 4.57 Å². The molecule has 1 atom stereocenters. The van der Waals surface area contributed by atoms with E-state index in [4.69, 9.17) is 0 Å². The van der Waals surface area contributed by atoms with Gasteiger partial charge in [-0.3, -0.25) is 4.79 Å². The van der Waals surface area contributed by atoms with Crippen LogP contribution in [-0.2, 0) is 6.54 Å². The normalized spacial score (nSPS) is 12.5. The van der Waals surface area contributed by atoms with Crippen LogP contribution < -0.4 is 0 Å². The minimum Gasteiger partial charge on any atom is -0.347 e. The van der Waals surface area contributed by atoms with Crippen LogP contribution in [0.3, 0.4) is 0 Å². The van der Waals surface area contributed by atoms with Gasteiger partial charge in [0, 0.05) is 34.8 Å². The lowest BCUT2D eigenvalue weighted by molar-refractivity contribution is 0.104. The maximum absolute atomic E-state index is 13.4. The number of hydrogen-bond donors (Lipinski definition) is 0. The van der Waals surface area contributed by atoms with Crippen LogP contribution in [0, 0.1) is 0 Å². The number of fused-ring (bicyclic) bond motifs is 2. The number of para-hydroxylation sites is 1. The third-order valence-corrected chi connectivity index (χ3v) is 5.32. The Morgan fingerprint density at radius 3 is 2.43 bits per heavy atom. The molecule has 0 aliphatic rings. The van der Waals surface area contributed by atoms with Crippen molar-refractivity contribution in [3.05, 3.63) is 84.1 Å². The Labute approximate surface area is 164 Å². The molecule has 4 aromatic rings. The van der Waals surface area contributed by atoms with Gasteiger partial charge in [-0.05, 0) is 43.0 Å². The largest absolute Gasteiger partial charge is 0.347 e. The summed E-state index contributed by atoms with van der Waals surface area (Å²) in [5, 5.41) is 3.01. The van der Waals surface area contributed by atoms with E-state index in [9.17, 15) is 9.18 Å². The van der Waals surface area contributed by atoms with E-state index in [0.29, 0.717) is 6.42 Å². The lowest BCUT2D eigenvalue weighted by Gasteiger charge is -2.06. The van der Waals surface area contributed by atoms with E-state index in [1.165, 1.54) is 0 Å². The predicted molar refractivity (Wildman–Crippen MR) is 114 cm³/mol. The molecular weight excluding hydrogens is 349 g/mol. The number of benzene rings is 3. The molecule has 4 rings (SSSR count). The van der Waals surface area contributed by atoms with E-state index >= 15 is 0 Å². The summed E-state index contributed by atoms with van der Waals surface area (Å²) in [5.41, 5.74) is 2.51. The highest BCUT2D eigenvalue weighted by Crippen LogP contribution is 2.27. The van der Waals surface area contributed by atoms with Gasteiger partial charge in [0.15, 0.2) is 5.78 Å². The number of aromatic nitrogens is 1. The Bertz CT molecular complexity index is 1120. The zero-order valence-corrected chi connectivity index (χ0v) is 16.1. The Balaban J connectivity index is 1.71. The molecule has 0 spiro atoms. The zero-order chi connectivity index (χ0) is 19.5. The Hall–Kier alpha value is -2.94.